The molecule has 0 bridgehead atoms. The fourth-order valence-electron chi connectivity index (χ4n) is 3.08. The third-order valence-corrected chi connectivity index (χ3v) is 4.57. The van der Waals surface area contributed by atoms with Crippen molar-refractivity contribution in [2.45, 2.75) is 26.4 Å². The van der Waals surface area contributed by atoms with Crippen LogP contribution >= 0.6 is 0 Å². The predicted octanol–water partition coefficient (Wildman–Crippen LogP) is 1.40. The van der Waals surface area contributed by atoms with E-state index in [1.165, 1.54) is 24.9 Å². The maximum absolute atomic E-state index is 14.5. The minimum Gasteiger partial charge on any atom is -0.464 e. The van der Waals surface area contributed by atoms with Crippen LogP contribution in [0.3, 0.4) is 0 Å². The van der Waals surface area contributed by atoms with Crippen LogP contribution in [-0.2, 0) is 20.8 Å². The van der Waals surface area contributed by atoms with Gasteiger partial charge in [-0.25, -0.2) is 27.9 Å². The van der Waals surface area contributed by atoms with Crippen LogP contribution in [0.4, 0.5) is 8.78 Å². The fourth-order valence-corrected chi connectivity index (χ4v) is 3.08. The Hall–Kier alpha value is -3.34. The lowest BCUT2D eigenvalue weighted by molar-refractivity contribution is -0.146. The monoisotopic (exact) mass is 422 g/mol. The van der Waals surface area contributed by atoms with Gasteiger partial charge in [0, 0.05) is 13.2 Å². The average molecular weight is 422 g/mol. The van der Waals surface area contributed by atoms with E-state index in [1.54, 1.807) is 6.92 Å². The molecular formula is C19H20F2N4O5. The van der Waals surface area contributed by atoms with E-state index in [0.29, 0.717) is 6.07 Å². The maximum atomic E-state index is 14.5. The Labute approximate surface area is 169 Å². The van der Waals surface area contributed by atoms with E-state index in [0.717, 1.165) is 21.3 Å². The number of halogens is 2. The zero-order valence-electron chi connectivity index (χ0n) is 16.6. The molecule has 0 amide bonds. The Kier molecular flexibility index (Phi) is 6.11. The van der Waals surface area contributed by atoms with Crippen LogP contribution in [0.1, 0.15) is 19.9 Å². The summed E-state index contributed by atoms with van der Waals surface area (Å²) in [6.07, 6.45) is 1.20. The van der Waals surface area contributed by atoms with Crippen LogP contribution in [0.25, 0.3) is 16.9 Å². The summed E-state index contributed by atoms with van der Waals surface area (Å²) in [7, 11) is 1.40. The van der Waals surface area contributed by atoms with Gasteiger partial charge in [0.1, 0.15) is 17.7 Å². The van der Waals surface area contributed by atoms with Crippen molar-refractivity contribution < 1.29 is 23.0 Å². The summed E-state index contributed by atoms with van der Waals surface area (Å²) in [4.78, 5) is 42.4. The zero-order chi connectivity index (χ0) is 22.0. The summed E-state index contributed by atoms with van der Waals surface area (Å²) in [5, 5.41) is 0. The minimum absolute atomic E-state index is 0.0358. The summed E-state index contributed by atoms with van der Waals surface area (Å²) in [6.45, 7) is 3.20. The SMILES string of the molecule is CCOC(=O)[C@H](C)n1cnc2c1c(=O)n(CCOC)c(=O)n2-c1ccc(F)cc1F. The molecule has 0 spiro atoms. The number of methoxy groups -OCH3 is 1. The van der Waals surface area contributed by atoms with E-state index < -0.39 is 34.9 Å². The molecule has 3 rings (SSSR count). The number of benzene rings is 1. The van der Waals surface area contributed by atoms with Crippen molar-refractivity contribution in [1.29, 1.82) is 0 Å². The molecule has 0 aliphatic carbocycles. The van der Waals surface area contributed by atoms with Crippen LogP contribution in [0.5, 0.6) is 0 Å². The lowest BCUT2D eigenvalue weighted by Crippen LogP contribution is -2.41. The second-order valence-corrected chi connectivity index (χ2v) is 6.42. The first-order chi connectivity index (χ1) is 14.3. The Balaban J connectivity index is 2.37. The largest absolute Gasteiger partial charge is 0.464 e. The highest BCUT2D eigenvalue weighted by Crippen LogP contribution is 2.20. The van der Waals surface area contributed by atoms with Crippen LogP contribution in [0.2, 0.25) is 0 Å². The van der Waals surface area contributed by atoms with Gasteiger partial charge in [-0.1, -0.05) is 0 Å². The van der Waals surface area contributed by atoms with E-state index in [-0.39, 0.29) is 36.6 Å². The lowest BCUT2D eigenvalue weighted by Gasteiger charge is -2.15. The number of hydrogen-bond acceptors (Lipinski definition) is 6. The van der Waals surface area contributed by atoms with Crippen molar-refractivity contribution in [2.24, 2.45) is 0 Å². The molecule has 0 saturated heterocycles. The number of aromatic nitrogens is 4. The second-order valence-electron chi connectivity index (χ2n) is 6.42. The molecule has 3 aromatic rings. The van der Waals surface area contributed by atoms with Gasteiger partial charge in [-0.15, -0.1) is 0 Å². The van der Waals surface area contributed by atoms with E-state index in [1.807, 2.05) is 0 Å². The minimum atomic E-state index is -1.01. The first-order valence-electron chi connectivity index (χ1n) is 9.15. The number of carbonyl (C=O) groups is 1. The lowest BCUT2D eigenvalue weighted by atomic mass is 10.3. The molecule has 11 heteroatoms. The third-order valence-electron chi connectivity index (χ3n) is 4.57. The number of fused-ring (bicyclic) bond motifs is 1. The highest BCUT2D eigenvalue weighted by molar-refractivity contribution is 5.79. The summed E-state index contributed by atoms with van der Waals surface area (Å²) < 4.78 is 40.8. The molecule has 1 aromatic carbocycles. The van der Waals surface area contributed by atoms with Crippen LogP contribution in [0, 0.1) is 11.6 Å². The summed E-state index contributed by atoms with van der Waals surface area (Å²) in [6, 6.07) is 1.75. The molecule has 1 atom stereocenters. The molecule has 0 aliphatic rings. The zero-order valence-corrected chi connectivity index (χ0v) is 16.6. The van der Waals surface area contributed by atoms with Gasteiger partial charge in [0.05, 0.1) is 31.8 Å². The number of hydrogen-bond donors (Lipinski definition) is 0. The molecule has 0 saturated carbocycles. The fraction of sp³-hybridized carbons (Fsp3) is 0.368. The molecule has 0 unspecified atom stereocenters. The molecule has 9 nitrogen and oxygen atoms in total. The normalized spacial score (nSPS) is 12.3. The highest BCUT2D eigenvalue weighted by atomic mass is 19.1. The highest BCUT2D eigenvalue weighted by Gasteiger charge is 2.25. The molecule has 30 heavy (non-hydrogen) atoms. The van der Waals surface area contributed by atoms with Gasteiger partial charge in [-0.2, -0.15) is 0 Å². The Morgan fingerprint density at radius 3 is 2.63 bits per heavy atom. The summed E-state index contributed by atoms with van der Waals surface area (Å²) in [5.41, 5.74) is -2.15. The molecule has 0 radical (unpaired) electrons. The van der Waals surface area contributed by atoms with Gasteiger partial charge < -0.3 is 14.0 Å². The van der Waals surface area contributed by atoms with Crippen molar-refractivity contribution >= 4 is 17.1 Å². The first-order valence-corrected chi connectivity index (χ1v) is 9.15. The van der Waals surface area contributed by atoms with E-state index >= 15 is 0 Å². The van der Waals surface area contributed by atoms with Gasteiger partial charge in [-0.05, 0) is 26.0 Å². The molecule has 2 aromatic heterocycles. The smallest absolute Gasteiger partial charge is 0.337 e. The van der Waals surface area contributed by atoms with Crippen molar-refractivity contribution in [1.82, 2.24) is 18.7 Å². The van der Waals surface area contributed by atoms with Crippen molar-refractivity contribution in [2.75, 3.05) is 20.3 Å². The Morgan fingerprint density at radius 2 is 2.00 bits per heavy atom. The quantitative estimate of drug-likeness (QED) is 0.534. The molecule has 0 fully saturated rings. The topological polar surface area (TPSA) is 97.4 Å². The average Bonchev–Trinajstić information content (AvgIpc) is 3.14. The Bertz CT molecular complexity index is 1210. The number of ether oxygens (including phenoxy) is 2. The van der Waals surface area contributed by atoms with Gasteiger partial charge in [0.2, 0.25) is 0 Å². The van der Waals surface area contributed by atoms with Gasteiger partial charge in [0.25, 0.3) is 5.56 Å². The van der Waals surface area contributed by atoms with E-state index in [9.17, 15) is 23.2 Å². The summed E-state index contributed by atoms with van der Waals surface area (Å²) in [5.74, 6) is -2.44. The Morgan fingerprint density at radius 1 is 1.27 bits per heavy atom. The van der Waals surface area contributed by atoms with Crippen molar-refractivity contribution in [3.8, 4) is 5.69 Å². The maximum Gasteiger partial charge on any atom is 0.337 e. The van der Waals surface area contributed by atoms with Crippen molar-refractivity contribution in [3.63, 3.8) is 0 Å². The number of imidazole rings is 1. The van der Waals surface area contributed by atoms with Gasteiger partial charge >= 0.3 is 11.7 Å². The molecule has 0 N–H and O–H groups in total. The van der Waals surface area contributed by atoms with Crippen LogP contribution in [-0.4, -0.2) is 45.0 Å². The second kappa shape index (κ2) is 8.57. The molecule has 2 heterocycles. The standard InChI is InChI=1S/C19H20F2N4O5/c1-4-30-18(27)11(2)24-10-22-16-15(24)17(26)23(7-8-29-3)19(28)25(16)14-6-5-12(20)9-13(14)21/h5-6,9-11H,4,7-8H2,1-3H3/t11-/m0/s1. The third kappa shape index (κ3) is 3.63. The number of esters is 1. The van der Waals surface area contributed by atoms with E-state index in [2.05, 4.69) is 4.98 Å². The van der Waals surface area contributed by atoms with Gasteiger partial charge in [0.15, 0.2) is 11.2 Å². The summed E-state index contributed by atoms with van der Waals surface area (Å²) >= 11 is 0. The number of rotatable bonds is 7. The van der Waals surface area contributed by atoms with E-state index in [4.69, 9.17) is 9.47 Å². The van der Waals surface area contributed by atoms with Crippen LogP contribution in [0.15, 0.2) is 34.1 Å². The van der Waals surface area contributed by atoms with Gasteiger partial charge in [-0.3, -0.25) is 9.36 Å². The molecule has 160 valence electrons. The number of nitrogens with zero attached hydrogens (tertiary/aromatic N) is 4. The molecule has 0 aliphatic heterocycles. The molecular weight excluding hydrogens is 402 g/mol. The van der Waals surface area contributed by atoms with Crippen molar-refractivity contribution in [3.05, 3.63) is 57.0 Å². The first kappa shape index (κ1) is 21.4. The van der Waals surface area contributed by atoms with Crippen LogP contribution < -0.4 is 11.2 Å². The number of carbonyl (C=O) groups excluding carboxylic acids is 1. The predicted molar refractivity (Wildman–Crippen MR) is 103 cm³/mol.